The van der Waals surface area contributed by atoms with Crippen molar-refractivity contribution in [3.63, 3.8) is 0 Å². The number of piperazine rings is 1. The Hall–Kier alpha value is -3.43. The lowest BCUT2D eigenvalue weighted by Crippen LogP contribution is -2.49. The van der Waals surface area contributed by atoms with Gasteiger partial charge in [0.1, 0.15) is 17.3 Å². The summed E-state index contributed by atoms with van der Waals surface area (Å²) in [4.78, 5) is 20.4. The molecule has 1 amide bonds. The lowest BCUT2D eigenvalue weighted by molar-refractivity contribution is -0.143. The van der Waals surface area contributed by atoms with Gasteiger partial charge in [0.05, 0.1) is 11.8 Å². The number of carbonyl (C=O) groups is 1. The second-order valence-electron chi connectivity index (χ2n) is 6.74. The van der Waals surface area contributed by atoms with Gasteiger partial charge in [0.25, 0.3) is 5.91 Å². The molecule has 6 nitrogen and oxygen atoms in total. The van der Waals surface area contributed by atoms with E-state index in [9.17, 15) is 22.4 Å². The minimum Gasteiger partial charge on any atom is -0.353 e. The van der Waals surface area contributed by atoms with E-state index in [2.05, 4.69) is 10.1 Å². The molecule has 1 aromatic carbocycles. The minimum absolute atomic E-state index is 0.234. The van der Waals surface area contributed by atoms with Crippen LogP contribution in [0.1, 0.15) is 16.1 Å². The third kappa shape index (κ3) is 3.72. The largest absolute Gasteiger partial charge is 0.434 e. The van der Waals surface area contributed by atoms with Gasteiger partial charge in [0.2, 0.25) is 0 Å². The van der Waals surface area contributed by atoms with E-state index in [4.69, 9.17) is 0 Å². The molecule has 1 aliphatic heterocycles. The quantitative estimate of drug-likeness (QED) is 0.611. The summed E-state index contributed by atoms with van der Waals surface area (Å²) >= 11 is 0. The normalized spacial score (nSPS) is 14.8. The number of hydrogen-bond acceptors (Lipinski definition) is 4. The zero-order valence-corrected chi connectivity index (χ0v) is 15.7. The number of hydrogen-bond donors (Lipinski definition) is 0. The predicted molar refractivity (Wildman–Crippen MR) is 101 cm³/mol. The maximum Gasteiger partial charge on any atom is 0.434 e. The van der Waals surface area contributed by atoms with Gasteiger partial charge in [0.15, 0.2) is 5.69 Å². The standard InChI is InChI=1S/C20H17F4N5O/c21-15-5-1-2-6-16(15)29-18(20(22,23)24)14(13-26-29)19(30)28-11-9-27(10-12-28)17-7-3-4-8-25-17/h1-8,13H,9-12H2. The zero-order valence-electron chi connectivity index (χ0n) is 15.7. The molecule has 0 spiro atoms. The molecule has 30 heavy (non-hydrogen) atoms. The Bertz CT molecular complexity index is 1040. The molecule has 0 saturated carbocycles. The van der Waals surface area contributed by atoms with Crippen LogP contribution >= 0.6 is 0 Å². The lowest BCUT2D eigenvalue weighted by atomic mass is 10.1. The first-order valence-corrected chi connectivity index (χ1v) is 9.21. The van der Waals surface area contributed by atoms with E-state index in [1.54, 1.807) is 12.3 Å². The van der Waals surface area contributed by atoms with Crippen molar-refractivity contribution in [3.05, 3.63) is 71.9 Å². The number of para-hydroxylation sites is 1. The summed E-state index contributed by atoms with van der Waals surface area (Å²) < 4.78 is 55.9. The average Bonchev–Trinajstić information content (AvgIpc) is 3.20. The van der Waals surface area contributed by atoms with Crippen LogP contribution in [0.2, 0.25) is 0 Å². The van der Waals surface area contributed by atoms with Gasteiger partial charge in [-0.2, -0.15) is 18.3 Å². The smallest absolute Gasteiger partial charge is 0.353 e. The van der Waals surface area contributed by atoms with Gasteiger partial charge in [-0.1, -0.05) is 18.2 Å². The van der Waals surface area contributed by atoms with Crippen LogP contribution < -0.4 is 4.90 Å². The van der Waals surface area contributed by atoms with Crippen molar-refractivity contribution in [2.75, 3.05) is 31.1 Å². The number of amides is 1. The Morgan fingerprint density at radius 2 is 1.67 bits per heavy atom. The van der Waals surface area contributed by atoms with Gasteiger partial charge >= 0.3 is 6.18 Å². The maximum absolute atomic E-state index is 14.1. The summed E-state index contributed by atoms with van der Waals surface area (Å²) in [6, 6.07) is 10.4. The molecule has 3 heterocycles. The lowest BCUT2D eigenvalue weighted by Gasteiger charge is -2.35. The van der Waals surface area contributed by atoms with Gasteiger partial charge in [-0.15, -0.1) is 0 Å². The van der Waals surface area contributed by atoms with Crippen molar-refractivity contribution < 1.29 is 22.4 Å². The summed E-state index contributed by atoms with van der Waals surface area (Å²) in [6.45, 7) is 1.34. The van der Waals surface area contributed by atoms with Crippen LogP contribution in [0.25, 0.3) is 5.69 Å². The highest BCUT2D eigenvalue weighted by molar-refractivity contribution is 5.95. The van der Waals surface area contributed by atoms with Gasteiger partial charge in [-0.05, 0) is 24.3 Å². The highest BCUT2D eigenvalue weighted by atomic mass is 19.4. The van der Waals surface area contributed by atoms with Crippen molar-refractivity contribution >= 4 is 11.7 Å². The highest BCUT2D eigenvalue weighted by Crippen LogP contribution is 2.34. The minimum atomic E-state index is -4.89. The van der Waals surface area contributed by atoms with Crippen molar-refractivity contribution in [2.45, 2.75) is 6.18 Å². The number of anilines is 1. The summed E-state index contributed by atoms with van der Waals surface area (Å²) in [7, 11) is 0. The van der Waals surface area contributed by atoms with Crippen molar-refractivity contribution in [1.29, 1.82) is 0 Å². The van der Waals surface area contributed by atoms with Gasteiger partial charge < -0.3 is 9.80 Å². The second kappa shape index (κ2) is 7.77. The second-order valence-corrected chi connectivity index (χ2v) is 6.74. The molecule has 2 aromatic heterocycles. The van der Waals surface area contributed by atoms with Gasteiger partial charge in [-0.25, -0.2) is 14.1 Å². The van der Waals surface area contributed by atoms with Crippen LogP contribution in [0.15, 0.2) is 54.9 Å². The molecule has 0 atom stereocenters. The number of benzene rings is 1. The number of nitrogens with zero attached hydrogens (tertiary/aromatic N) is 5. The Kier molecular flexibility index (Phi) is 5.15. The van der Waals surface area contributed by atoms with E-state index in [0.717, 1.165) is 18.1 Å². The molecule has 10 heteroatoms. The molecule has 1 aliphatic rings. The van der Waals surface area contributed by atoms with Gasteiger partial charge in [-0.3, -0.25) is 4.79 Å². The number of alkyl halides is 3. The molecule has 1 saturated heterocycles. The van der Waals surface area contributed by atoms with Crippen LogP contribution in [-0.2, 0) is 6.18 Å². The Balaban J connectivity index is 1.60. The third-order valence-electron chi connectivity index (χ3n) is 4.89. The number of carbonyl (C=O) groups excluding carboxylic acids is 1. The number of rotatable bonds is 3. The summed E-state index contributed by atoms with van der Waals surface area (Å²) in [5, 5.41) is 3.68. The van der Waals surface area contributed by atoms with E-state index in [1.165, 1.54) is 23.1 Å². The van der Waals surface area contributed by atoms with Crippen molar-refractivity contribution in [3.8, 4) is 5.69 Å². The summed E-state index contributed by atoms with van der Waals surface area (Å²) in [5.41, 5.74) is -2.26. The molecule has 0 unspecified atom stereocenters. The molecular weight excluding hydrogens is 402 g/mol. The van der Waals surface area contributed by atoms with Crippen LogP contribution in [0.5, 0.6) is 0 Å². The average molecular weight is 419 g/mol. The Morgan fingerprint density at radius 1 is 0.967 bits per heavy atom. The Morgan fingerprint density at radius 3 is 2.30 bits per heavy atom. The van der Waals surface area contributed by atoms with Gasteiger partial charge in [0, 0.05) is 32.4 Å². The highest BCUT2D eigenvalue weighted by Gasteiger charge is 2.42. The van der Waals surface area contributed by atoms with E-state index >= 15 is 0 Å². The first-order chi connectivity index (χ1) is 14.4. The van der Waals surface area contributed by atoms with Crippen LogP contribution in [-0.4, -0.2) is 51.8 Å². The zero-order chi connectivity index (χ0) is 21.3. The number of pyridine rings is 1. The SMILES string of the molecule is O=C(c1cnn(-c2ccccc2F)c1C(F)(F)F)N1CCN(c2ccccn2)CC1. The topological polar surface area (TPSA) is 54.3 Å². The number of aromatic nitrogens is 3. The van der Waals surface area contributed by atoms with E-state index < -0.39 is 29.2 Å². The van der Waals surface area contributed by atoms with E-state index in [1.807, 2.05) is 17.0 Å². The molecule has 0 aliphatic carbocycles. The van der Waals surface area contributed by atoms with Crippen LogP contribution in [0.4, 0.5) is 23.4 Å². The van der Waals surface area contributed by atoms with Crippen LogP contribution in [0.3, 0.4) is 0 Å². The first-order valence-electron chi connectivity index (χ1n) is 9.21. The fourth-order valence-corrected chi connectivity index (χ4v) is 3.43. The number of halogens is 4. The van der Waals surface area contributed by atoms with E-state index in [-0.39, 0.29) is 18.8 Å². The monoisotopic (exact) mass is 419 g/mol. The molecule has 156 valence electrons. The molecule has 1 fully saturated rings. The molecule has 0 bridgehead atoms. The van der Waals surface area contributed by atoms with Crippen LogP contribution in [0, 0.1) is 5.82 Å². The van der Waals surface area contributed by atoms with Crippen molar-refractivity contribution in [1.82, 2.24) is 19.7 Å². The fraction of sp³-hybridized carbons (Fsp3) is 0.250. The van der Waals surface area contributed by atoms with Crippen molar-refractivity contribution in [2.24, 2.45) is 0 Å². The van der Waals surface area contributed by atoms with E-state index in [0.29, 0.717) is 17.8 Å². The molecule has 0 N–H and O–H groups in total. The predicted octanol–water partition coefficient (Wildman–Crippen LogP) is 3.39. The molecule has 0 radical (unpaired) electrons. The molecule has 4 rings (SSSR count). The Labute approximate surface area is 169 Å². The summed E-state index contributed by atoms with van der Waals surface area (Å²) in [5.74, 6) is -0.910. The molecule has 3 aromatic rings. The maximum atomic E-state index is 14.1. The fourth-order valence-electron chi connectivity index (χ4n) is 3.43. The third-order valence-corrected chi connectivity index (χ3v) is 4.89. The first kappa shape index (κ1) is 19.9. The molecular formula is C20H17F4N5O. The summed E-state index contributed by atoms with van der Waals surface area (Å²) in [6.07, 6.45) is -2.39.